The van der Waals surface area contributed by atoms with Crippen LogP contribution in [0.1, 0.15) is 37.0 Å². The predicted molar refractivity (Wildman–Crippen MR) is 103 cm³/mol. The maximum Gasteiger partial charge on any atom is 0.232 e. The van der Waals surface area contributed by atoms with Gasteiger partial charge in [-0.05, 0) is 36.2 Å². The van der Waals surface area contributed by atoms with E-state index in [0.717, 1.165) is 0 Å². The van der Waals surface area contributed by atoms with E-state index >= 15 is 0 Å². The Morgan fingerprint density at radius 2 is 1.93 bits per heavy atom. The van der Waals surface area contributed by atoms with Crippen molar-refractivity contribution in [3.8, 4) is 0 Å². The van der Waals surface area contributed by atoms with Gasteiger partial charge in [0.25, 0.3) is 0 Å². The number of fused-ring (bicyclic) bond motifs is 1. The smallest absolute Gasteiger partial charge is 0.232 e. The van der Waals surface area contributed by atoms with Crippen LogP contribution in [0.4, 0.5) is 10.1 Å². The van der Waals surface area contributed by atoms with Gasteiger partial charge < -0.3 is 10.0 Å². The molecular formula is C22H22FNO3. The molecule has 27 heavy (non-hydrogen) atoms. The van der Waals surface area contributed by atoms with Gasteiger partial charge in [0.1, 0.15) is 11.6 Å². The number of para-hydroxylation sites is 1. The molecule has 0 fully saturated rings. The minimum absolute atomic E-state index is 0.125. The predicted octanol–water partition coefficient (Wildman–Crippen LogP) is 4.57. The van der Waals surface area contributed by atoms with E-state index in [0.29, 0.717) is 22.4 Å². The molecule has 1 N–H and O–H groups in total. The minimum atomic E-state index is -0.334. The summed E-state index contributed by atoms with van der Waals surface area (Å²) in [6.07, 6.45) is -0.189. The summed E-state index contributed by atoms with van der Waals surface area (Å²) in [5.41, 5.74) is 2.23. The molecule has 1 aliphatic rings. The molecule has 2 aromatic carbocycles. The summed E-state index contributed by atoms with van der Waals surface area (Å²) >= 11 is 0. The Morgan fingerprint density at radius 3 is 2.59 bits per heavy atom. The third kappa shape index (κ3) is 3.63. The highest BCUT2D eigenvalue weighted by molar-refractivity contribution is 6.11. The summed E-state index contributed by atoms with van der Waals surface area (Å²) in [5, 5.41) is 10.7. The van der Waals surface area contributed by atoms with Crippen molar-refractivity contribution in [2.45, 2.75) is 33.7 Å². The number of carbonyl (C=O) groups excluding carboxylic acids is 2. The molecular weight excluding hydrogens is 345 g/mol. The van der Waals surface area contributed by atoms with Gasteiger partial charge >= 0.3 is 0 Å². The minimum Gasteiger partial charge on any atom is -0.507 e. The largest absolute Gasteiger partial charge is 0.507 e. The third-order valence-electron chi connectivity index (χ3n) is 4.76. The van der Waals surface area contributed by atoms with E-state index in [1.54, 1.807) is 57.2 Å². The lowest BCUT2D eigenvalue weighted by molar-refractivity contribution is -0.122. The second kappa shape index (κ2) is 7.35. The number of anilines is 1. The van der Waals surface area contributed by atoms with E-state index in [1.807, 2.05) is 0 Å². The zero-order chi connectivity index (χ0) is 19.7. The molecule has 0 bridgehead atoms. The maximum atomic E-state index is 13.9. The van der Waals surface area contributed by atoms with E-state index in [9.17, 15) is 19.1 Å². The second-order valence-electron chi connectivity index (χ2n) is 7.10. The average Bonchev–Trinajstić information content (AvgIpc) is 2.74. The number of aryl methyl sites for hydroxylation is 1. The Balaban J connectivity index is 2.06. The van der Waals surface area contributed by atoms with Gasteiger partial charge in [-0.1, -0.05) is 38.1 Å². The molecule has 1 aliphatic heterocycles. The Bertz CT molecular complexity index is 946. The number of ketones is 1. The number of amides is 1. The maximum absolute atomic E-state index is 13.9. The van der Waals surface area contributed by atoms with Crippen LogP contribution in [0.15, 0.2) is 48.0 Å². The van der Waals surface area contributed by atoms with Crippen molar-refractivity contribution in [3.05, 3.63) is 70.5 Å². The van der Waals surface area contributed by atoms with Gasteiger partial charge in [-0.2, -0.15) is 0 Å². The number of aliphatic hydroxyl groups is 1. The fraction of sp³-hybridized carbons (Fsp3) is 0.273. The first kappa shape index (κ1) is 18.8. The lowest BCUT2D eigenvalue weighted by Crippen LogP contribution is -2.31. The number of carbonyl (C=O) groups is 2. The van der Waals surface area contributed by atoms with E-state index in [4.69, 9.17) is 0 Å². The summed E-state index contributed by atoms with van der Waals surface area (Å²) < 4.78 is 13.9. The van der Waals surface area contributed by atoms with Crippen LogP contribution in [0, 0.1) is 18.7 Å². The van der Waals surface area contributed by atoms with Gasteiger partial charge in [0.05, 0.1) is 18.7 Å². The van der Waals surface area contributed by atoms with Crippen molar-refractivity contribution in [2.24, 2.45) is 5.92 Å². The van der Waals surface area contributed by atoms with Gasteiger partial charge in [0, 0.05) is 17.1 Å². The zero-order valence-electron chi connectivity index (χ0n) is 15.6. The number of rotatable bonds is 4. The third-order valence-corrected chi connectivity index (χ3v) is 4.76. The number of benzene rings is 2. The molecule has 0 radical (unpaired) electrons. The molecule has 140 valence electrons. The van der Waals surface area contributed by atoms with Crippen molar-refractivity contribution in [2.75, 3.05) is 4.90 Å². The molecule has 4 nitrogen and oxygen atoms in total. The number of hydrogen-bond donors (Lipinski definition) is 1. The Labute approximate surface area is 157 Å². The van der Waals surface area contributed by atoms with Crippen LogP contribution in [-0.2, 0) is 16.1 Å². The number of hydrogen-bond acceptors (Lipinski definition) is 3. The number of halogens is 1. The Morgan fingerprint density at radius 1 is 1.22 bits per heavy atom. The van der Waals surface area contributed by atoms with Gasteiger partial charge in [-0.25, -0.2) is 4.39 Å². The van der Waals surface area contributed by atoms with Crippen molar-refractivity contribution in [1.82, 2.24) is 0 Å². The summed E-state index contributed by atoms with van der Waals surface area (Å²) in [7, 11) is 0. The molecule has 0 spiro atoms. The molecule has 0 atom stereocenters. The molecule has 2 aromatic rings. The molecule has 5 heteroatoms. The average molecular weight is 367 g/mol. The Kier molecular flexibility index (Phi) is 5.13. The van der Waals surface area contributed by atoms with Crippen molar-refractivity contribution in [3.63, 3.8) is 0 Å². The van der Waals surface area contributed by atoms with Crippen LogP contribution in [0.25, 0.3) is 5.76 Å². The van der Waals surface area contributed by atoms with Crippen molar-refractivity contribution >= 4 is 23.1 Å². The normalized spacial score (nSPS) is 14.4. The Hall–Kier alpha value is -2.95. The summed E-state index contributed by atoms with van der Waals surface area (Å²) in [6.45, 7) is 5.30. The first-order valence-electron chi connectivity index (χ1n) is 8.90. The highest BCUT2D eigenvalue weighted by Crippen LogP contribution is 2.35. The summed E-state index contributed by atoms with van der Waals surface area (Å²) in [4.78, 5) is 27.0. The van der Waals surface area contributed by atoms with Crippen molar-refractivity contribution < 1.29 is 19.1 Å². The van der Waals surface area contributed by atoms with E-state index < -0.39 is 0 Å². The monoisotopic (exact) mass is 367 g/mol. The van der Waals surface area contributed by atoms with Gasteiger partial charge in [0.2, 0.25) is 5.91 Å². The number of Topliss-reactive ketones (excluding diaryl/α,β-unsaturated/α-hetero) is 1. The molecule has 0 aliphatic carbocycles. The SMILES string of the molecule is Cc1ccc(CN2C(=O)CC(C(=O)C(C)C)=C(O)c3ccccc32)cc1F. The summed E-state index contributed by atoms with van der Waals surface area (Å²) in [6, 6.07) is 11.7. The van der Waals surface area contributed by atoms with Crippen LogP contribution in [0.3, 0.4) is 0 Å². The van der Waals surface area contributed by atoms with Crippen LogP contribution in [0.2, 0.25) is 0 Å². The molecule has 3 rings (SSSR count). The quantitative estimate of drug-likeness (QED) is 0.861. The second-order valence-corrected chi connectivity index (χ2v) is 7.10. The lowest BCUT2D eigenvalue weighted by atomic mass is 9.95. The molecule has 0 unspecified atom stereocenters. The van der Waals surface area contributed by atoms with E-state index in [-0.39, 0.29) is 47.7 Å². The van der Waals surface area contributed by atoms with Crippen LogP contribution < -0.4 is 4.90 Å². The highest BCUT2D eigenvalue weighted by Gasteiger charge is 2.31. The number of aliphatic hydroxyl groups excluding tert-OH is 1. The molecule has 1 amide bonds. The first-order valence-corrected chi connectivity index (χ1v) is 8.90. The first-order chi connectivity index (χ1) is 12.8. The topological polar surface area (TPSA) is 57.6 Å². The summed E-state index contributed by atoms with van der Waals surface area (Å²) in [5.74, 6) is -1.38. The number of nitrogens with zero attached hydrogens (tertiary/aromatic N) is 1. The van der Waals surface area contributed by atoms with Gasteiger partial charge in [0.15, 0.2) is 5.78 Å². The molecule has 0 saturated heterocycles. The lowest BCUT2D eigenvalue weighted by Gasteiger charge is -2.23. The highest BCUT2D eigenvalue weighted by atomic mass is 19.1. The fourth-order valence-corrected chi connectivity index (χ4v) is 3.18. The van der Waals surface area contributed by atoms with Gasteiger partial charge in [-0.15, -0.1) is 0 Å². The fourth-order valence-electron chi connectivity index (χ4n) is 3.18. The standard InChI is InChI=1S/C22H22FNO3/c1-13(2)21(26)17-11-20(25)24(12-15-9-8-14(3)18(23)10-15)19-7-5-4-6-16(19)22(17)27/h4-10,13,27H,11-12H2,1-3H3. The zero-order valence-corrected chi connectivity index (χ0v) is 15.6. The van der Waals surface area contributed by atoms with Crippen LogP contribution in [0.5, 0.6) is 0 Å². The van der Waals surface area contributed by atoms with Crippen LogP contribution in [-0.4, -0.2) is 16.8 Å². The molecule has 0 aromatic heterocycles. The van der Waals surface area contributed by atoms with E-state index in [1.165, 1.54) is 11.0 Å². The van der Waals surface area contributed by atoms with Crippen LogP contribution >= 0.6 is 0 Å². The van der Waals surface area contributed by atoms with Gasteiger partial charge in [-0.3, -0.25) is 9.59 Å². The van der Waals surface area contributed by atoms with Crippen molar-refractivity contribution in [1.29, 1.82) is 0 Å². The molecule has 0 saturated carbocycles. The van der Waals surface area contributed by atoms with E-state index in [2.05, 4.69) is 0 Å². The molecule has 1 heterocycles.